The van der Waals surface area contributed by atoms with E-state index in [0.29, 0.717) is 18.7 Å². The van der Waals surface area contributed by atoms with Crippen LogP contribution in [-0.2, 0) is 4.74 Å². The molecule has 158 valence electrons. The van der Waals surface area contributed by atoms with Crippen molar-refractivity contribution in [3.63, 3.8) is 0 Å². The Hall–Kier alpha value is -3.12. The molecule has 2 N–H and O–H groups in total. The summed E-state index contributed by atoms with van der Waals surface area (Å²) in [6.45, 7) is 9.91. The largest absolute Gasteiger partial charge is 0.508 e. The third-order valence-corrected chi connectivity index (χ3v) is 5.19. The fourth-order valence-corrected chi connectivity index (χ4v) is 3.46. The van der Waals surface area contributed by atoms with Gasteiger partial charge in [-0.15, -0.1) is 0 Å². The number of phenolic OH excluding ortho intramolecular Hbond substituents is 1. The number of benzene rings is 2. The van der Waals surface area contributed by atoms with E-state index in [4.69, 9.17) is 4.74 Å². The molecule has 0 fully saturated rings. The van der Waals surface area contributed by atoms with Gasteiger partial charge in [0.25, 0.3) is 0 Å². The number of aromatic hydroxyl groups is 1. The van der Waals surface area contributed by atoms with E-state index in [-0.39, 0.29) is 11.7 Å². The Morgan fingerprint density at radius 2 is 1.77 bits per heavy atom. The van der Waals surface area contributed by atoms with Gasteiger partial charge in [-0.1, -0.05) is 32.0 Å². The van der Waals surface area contributed by atoms with Crippen molar-refractivity contribution in [3.05, 3.63) is 54.2 Å². The second kappa shape index (κ2) is 10.1. The van der Waals surface area contributed by atoms with Crippen molar-refractivity contribution in [2.24, 2.45) is 0 Å². The zero-order valence-corrected chi connectivity index (χ0v) is 17.8. The highest BCUT2D eigenvalue weighted by Crippen LogP contribution is 2.31. The summed E-state index contributed by atoms with van der Waals surface area (Å²) in [5.41, 5.74) is 3.94. The van der Waals surface area contributed by atoms with Gasteiger partial charge in [0.05, 0.1) is 17.8 Å². The molecule has 0 unspecified atom stereocenters. The molecule has 2 aromatic carbocycles. The number of carbonyl (C=O) groups is 1. The van der Waals surface area contributed by atoms with Gasteiger partial charge in [0.1, 0.15) is 11.3 Å². The van der Waals surface area contributed by atoms with Crippen LogP contribution in [0.2, 0.25) is 0 Å². The van der Waals surface area contributed by atoms with Crippen molar-refractivity contribution in [2.75, 3.05) is 38.1 Å². The minimum atomic E-state index is -0.382. The molecule has 0 atom stereocenters. The van der Waals surface area contributed by atoms with E-state index in [2.05, 4.69) is 29.0 Å². The Kier molecular flexibility index (Phi) is 7.25. The molecule has 0 aliphatic heterocycles. The first-order valence-electron chi connectivity index (χ1n) is 10.4. The molecule has 0 radical (unpaired) electrons. The monoisotopic (exact) mass is 407 g/mol. The molecule has 6 nitrogen and oxygen atoms in total. The van der Waals surface area contributed by atoms with Crippen LogP contribution < -0.4 is 5.32 Å². The summed E-state index contributed by atoms with van der Waals surface area (Å²) in [6, 6.07) is 13.0. The highest BCUT2D eigenvalue weighted by Gasteiger charge is 2.17. The van der Waals surface area contributed by atoms with Crippen LogP contribution in [0, 0.1) is 0 Å². The quantitative estimate of drug-likeness (QED) is 0.508. The first kappa shape index (κ1) is 21.6. The molecule has 30 heavy (non-hydrogen) atoms. The van der Waals surface area contributed by atoms with Crippen molar-refractivity contribution in [1.29, 1.82) is 0 Å². The lowest BCUT2D eigenvalue weighted by Crippen LogP contribution is -2.29. The van der Waals surface area contributed by atoms with Gasteiger partial charge in [0.15, 0.2) is 0 Å². The summed E-state index contributed by atoms with van der Waals surface area (Å²) in [5, 5.41) is 13.9. The van der Waals surface area contributed by atoms with Crippen LogP contribution in [0.1, 0.15) is 31.1 Å². The Morgan fingerprint density at radius 3 is 2.43 bits per heavy atom. The molecular formula is C24H29N3O3. The van der Waals surface area contributed by atoms with Crippen LogP contribution in [0.15, 0.2) is 48.7 Å². The summed E-state index contributed by atoms with van der Waals surface area (Å²) in [4.78, 5) is 19.4. The van der Waals surface area contributed by atoms with Gasteiger partial charge in [-0.2, -0.15) is 0 Å². The smallest absolute Gasteiger partial charge is 0.341 e. The fourth-order valence-electron chi connectivity index (χ4n) is 3.46. The van der Waals surface area contributed by atoms with Crippen molar-refractivity contribution in [1.82, 2.24) is 9.88 Å². The number of hydrogen-bond donors (Lipinski definition) is 2. The van der Waals surface area contributed by atoms with Crippen LogP contribution in [0.25, 0.3) is 22.0 Å². The number of pyridine rings is 1. The maximum absolute atomic E-state index is 12.6. The lowest BCUT2D eigenvalue weighted by molar-refractivity contribution is 0.0527. The molecule has 0 spiro atoms. The van der Waals surface area contributed by atoms with Gasteiger partial charge < -0.3 is 20.1 Å². The van der Waals surface area contributed by atoms with Gasteiger partial charge in [0.2, 0.25) is 0 Å². The third-order valence-electron chi connectivity index (χ3n) is 5.19. The molecular weight excluding hydrogens is 378 g/mol. The molecule has 0 bridgehead atoms. The van der Waals surface area contributed by atoms with Gasteiger partial charge in [-0.05, 0) is 55.4 Å². The molecule has 0 amide bonds. The molecule has 3 rings (SSSR count). The highest BCUT2D eigenvalue weighted by atomic mass is 16.5. The normalized spacial score (nSPS) is 11.1. The number of esters is 1. The predicted molar refractivity (Wildman–Crippen MR) is 121 cm³/mol. The topological polar surface area (TPSA) is 74.7 Å². The maximum Gasteiger partial charge on any atom is 0.341 e. The van der Waals surface area contributed by atoms with E-state index in [1.807, 2.05) is 30.3 Å². The fraction of sp³-hybridized carbons (Fsp3) is 0.333. The van der Waals surface area contributed by atoms with E-state index in [1.165, 1.54) is 0 Å². The number of hydrogen-bond acceptors (Lipinski definition) is 6. The Bertz CT molecular complexity index is 998. The minimum Gasteiger partial charge on any atom is -0.508 e. The van der Waals surface area contributed by atoms with Gasteiger partial charge in [-0.3, -0.25) is 4.98 Å². The molecule has 6 heteroatoms. The summed E-state index contributed by atoms with van der Waals surface area (Å²) in [7, 11) is 0. The van der Waals surface area contributed by atoms with E-state index in [1.54, 1.807) is 25.3 Å². The number of ether oxygens (including phenoxy) is 1. The molecule has 0 aliphatic rings. The second-order valence-electron chi connectivity index (χ2n) is 7.00. The van der Waals surface area contributed by atoms with E-state index in [0.717, 1.165) is 47.4 Å². The number of nitrogens with zero attached hydrogens (tertiary/aromatic N) is 2. The number of fused-ring (bicyclic) bond motifs is 1. The zero-order chi connectivity index (χ0) is 21.5. The van der Waals surface area contributed by atoms with Crippen LogP contribution >= 0.6 is 0 Å². The highest BCUT2D eigenvalue weighted by molar-refractivity contribution is 6.05. The van der Waals surface area contributed by atoms with Crippen molar-refractivity contribution < 1.29 is 14.6 Å². The SMILES string of the molecule is CCOC(=O)c1cnc2ccc(-c3ccc(O)cc3)cc2c1NCCN(CC)CC. The average Bonchev–Trinajstić information content (AvgIpc) is 2.77. The average molecular weight is 408 g/mol. The van der Waals surface area contributed by atoms with Crippen molar-refractivity contribution in [3.8, 4) is 16.9 Å². The molecule has 0 saturated heterocycles. The van der Waals surface area contributed by atoms with Crippen LogP contribution in [0.5, 0.6) is 5.75 Å². The van der Waals surface area contributed by atoms with Crippen molar-refractivity contribution in [2.45, 2.75) is 20.8 Å². The number of aromatic nitrogens is 1. The summed E-state index contributed by atoms with van der Waals surface area (Å²) in [5.74, 6) is -0.156. The summed E-state index contributed by atoms with van der Waals surface area (Å²) < 4.78 is 5.26. The predicted octanol–water partition coefficient (Wildman–Crippen LogP) is 4.54. The number of rotatable bonds is 9. The number of carbonyl (C=O) groups excluding carboxylic acids is 1. The lowest BCUT2D eigenvalue weighted by atomic mass is 10.0. The minimum absolute atomic E-state index is 0.226. The molecule has 0 saturated carbocycles. The third kappa shape index (κ3) is 4.89. The van der Waals surface area contributed by atoms with Gasteiger partial charge in [0, 0.05) is 24.7 Å². The van der Waals surface area contributed by atoms with E-state index < -0.39 is 0 Å². The standard InChI is InChI=1S/C24H29N3O3/c1-4-27(5-2)14-13-25-23-20-15-18(17-7-10-19(28)11-8-17)9-12-22(20)26-16-21(23)24(29)30-6-3/h7-12,15-16,28H,4-6,13-14H2,1-3H3,(H,25,26). The Balaban J connectivity index is 2.03. The van der Waals surface area contributed by atoms with E-state index >= 15 is 0 Å². The number of anilines is 1. The van der Waals surface area contributed by atoms with Crippen molar-refractivity contribution >= 4 is 22.6 Å². The van der Waals surface area contributed by atoms with Crippen LogP contribution in [-0.4, -0.2) is 53.7 Å². The first-order chi connectivity index (χ1) is 14.6. The maximum atomic E-state index is 12.6. The summed E-state index contributed by atoms with van der Waals surface area (Å²) in [6.07, 6.45) is 1.58. The molecule has 3 aromatic rings. The van der Waals surface area contributed by atoms with Gasteiger partial charge in [-0.25, -0.2) is 4.79 Å². The molecule has 1 heterocycles. The Morgan fingerprint density at radius 1 is 1.07 bits per heavy atom. The van der Waals surface area contributed by atoms with Gasteiger partial charge >= 0.3 is 5.97 Å². The van der Waals surface area contributed by atoms with E-state index in [9.17, 15) is 9.90 Å². The second-order valence-corrected chi connectivity index (χ2v) is 7.00. The molecule has 1 aromatic heterocycles. The number of phenols is 1. The van der Waals surface area contributed by atoms with Crippen LogP contribution in [0.3, 0.4) is 0 Å². The number of nitrogens with one attached hydrogen (secondary N) is 1. The summed E-state index contributed by atoms with van der Waals surface area (Å²) >= 11 is 0. The number of likely N-dealkylation sites (N-methyl/N-ethyl adjacent to an activating group) is 1. The Labute approximate surface area is 177 Å². The van der Waals surface area contributed by atoms with Crippen LogP contribution in [0.4, 0.5) is 5.69 Å². The zero-order valence-electron chi connectivity index (χ0n) is 17.8. The first-order valence-corrected chi connectivity index (χ1v) is 10.4. The lowest BCUT2D eigenvalue weighted by Gasteiger charge is -2.20. The molecule has 0 aliphatic carbocycles.